The molecule has 1 heterocycles. The maximum absolute atomic E-state index is 12.1. The fourth-order valence-corrected chi connectivity index (χ4v) is 2.62. The van der Waals surface area contributed by atoms with Crippen LogP contribution in [0, 0.1) is 6.92 Å². The molecule has 0 atom stereocenters. The molecule has 0 aliphatic carbocycles. The Hall–Kier alpha value is -2.34. The second-order valence-electron chi connectivity index (χ2n) is 5.29. The largest absolute Gasteiger partial charge is 0.504 e. The molecule has 2 aromatic rings. The summed E-state index contributed by atoms with van der Waals surface area (Å²) in [5.74, 6) is -0.149. The highest BCUT2D eigenvalue weighted by Gasteiger charge is 2.21. The molecule has 0 aliphatic heterocycles. The van der Waals surface area contributed by atoms with Crippen LogP contribution in [0.5, 0.6) is 11.5 Å². The van der Waals surface area contributed by atoms with E-state index in [-0.39, 0.29) is 22.6 Å². The lowest BCUT2D eigenvalue weighted by molar-refractivity contribution is 0.112. The van der Waals surface area contributed by atoms with Crippen molar-refractivity contribution in [2.24, 2.45) is 0 Å². The number of methoxy groups -OCH3 is 1. The first-order chi connectivity index (χ1) is 11.0. The number of phenolic OH excluding ortho intramolecular Hbond substituents is 1. The van der Waals surface area contributed by atoms with E-state index < -0.39 is 5.63 Å². The van der Waals surface area contributed by atoms with Crippen LogP contribution in [0.2, 0.25) is 0 Å². The molecule has 0 fully saturated rings. The number of carbonyl (C=O) groups is 1. The maximum atomic E-state index is 12.1. The number of aromatic hydroxyl groups is 1. The third-order valence-corrected chi connectivity index (χ3v) is 4.15. The summed E-state index contributed by atoms with van der Waals surface area (Å²) in [7, 11) is 1.41. The smallest absolute Gasteiger partial charge is 0.339 e. The van der Waals surface area contributed by atoms with E-state index in [4.69, 9.17) is 9.15 Å². The van der Waals surface area contributed by atoms with Gasteiger partial charge in [0.15, 0.2) is 23.4 Å². The predicted molar refractivity (Wildman–Crippen MR) is 87.5 cm³/mol. The van der Waals surface area contributed by atoms with Crippen molar-refractivity contribution >= 4 is 17.3 Å². The summed E-state index contributed by atoms with van der Waals surface area (Å²) in [4.78, 5) is 25.6. The lowest BCUT2D eigenvalue weighted by atomic mass is 10.0. The molecule has 0 spiro atoms. The van der Waals surface area contributed by atoms with E-state index in [9.17, 15) is 14.7 Å². The van der Waals surface area contributed by atoms with Gasteiger partial charge in [-0.3, -0.25) is 9.69 Å². The lowest BCUT2D eigenvalue weighted by Gasteiger charge is -2.20. The van der Waals surface area contributed by atoms with Crippen LogP contribution in [0.4, 0.5) is 0 Å². The number of benzene rings is 1. The van der Waals surface area contributed by atoms with Gasteiger partial charge in [0.1, 0.15) is 5.56 Å². The molecule has 0 radical (unpaired) electrons. The minimum Gasteiger partial charge on any atom is -0.504 e. The third kappa shape index (κ3) is 2.94. The molecule has 0 unspecified atom stereocenters. The second-order valence-corrected chi connectivity index (χ2v) is 5.29. The molecule has 2 rings (SSSR count). The average Bonchev–Trinajstić information content (AvgIpc) is 2.55. The molecular formula is C17H21NO5. The summed E-state index contributed by atoms with van der Waals surface area (Å²) in [6.45, 7) is 7.98. The minimum absolute atomic E-state index is 0.0720. The van der Waals surface area contributed by atoms with Gasteiger partial charge >= 0.3 is 5.63 Å². The summed E-state index contributed by atoms with van der Waals surface area (Å²) in [6, 6.07) is 1.60. The van der Waals surface area contributed by atoms with E-state index in [1.165, 1.54) is 7.11 Å². The molecule has 0 aliphatic rings. The number of ether oxygens (including phenoxy) is 1. The normalized spacial score (nSPS) is 11.2. The number of phenols is 1. The summed E-state index contributed by atoms with van der Waals surface area (Å²) in [5, 5.41) is 10.7. The van der Waals surface area contributed by atoms with Gasteiger partial charge in [-0.05, 0) is 31.6 Å². The number of hydrogen-bond acceptors (Lipinski definition) is 6. The SMILES string of the molecule is CCN(CC)Cc1c(C)c(=O)oc2c(C=O)c(O)c(OC)cc12. The van der Waals surface area contributed by atoms with Gasteiger partial charge in [0.2, 0.25) is 0 Å². The zero-order valence-corrected chi connectivity index (χ0v) is 13.8. The number of hydrogen-bond donors (Lipinski definition) is 1. The zero-order chi connectivity index (χ0) is 17.1. The van der Waals surface area contributed by atoms with Gasteiger partial charge in [-0.1, -0.05) is 13.8 Å². The van der Waals surface area contributed by atoms with Crippen molar-refractivity contribution in [1.29, 1.82) is 0 Å². The molecule has 23 heavy (non-hydrogen) atoms. The summed E-state index contributed by atoms with van der Waals surface area (Å²) < 4.78 is 10.4. The topological polar surface area (TPSA) is 80.0 Å². The van der Waals surface area contributed by atoms with E-state index in [1.54, 1.807) is 13.0 Å². The first-order valence-electron chi connectivity index (χ1n) is 7.52. The molecule has 0 saturated carbocycles. The molecule has 124 valence electrons. The van der Waals surface area contributed by atoms with Crippen LogP contribution in [-0.2, 0) is 6.54 Å². The van der Waals surface area contributed by atoms with Crippen LogP contribution in [0.15, 0.2) is 15.3 Å². The van der Waals surface area contributed by atoms with Gasteiger partial charge in [0.25, 0.3) is 0 Å². The molecule has 6 heteroatoms. The van der Waals surface area contributed by atoms with Crippen molar-refractivity contribution in [2.75, 3.05) is 20.2 Å². The Morgan fingerprint density at radius 1 is 1.35 bits per heavy atom. The van der Waals surface area contributed by atoms with Gasteiger partial charge in [-0.25, -0.2) is 4.79 Å². The zero-order valence-electron chi connectivity index (χ0n) is 13.8. The van der Waals surface area contributed by atoms with Crippen molar-refractivity contribution in [1.82, 2.24) is 4.90 Å². The van der Waals surface area contributed by atoms with Crippen LogP contribution in [0.1, 0.15) is 35.3 Å². The van der Waals surface area contributed by atoms with E-state index in [0.717, 1.165) is 18.7 Å². The van der Waals surface area contributed by atoms with Crippen molar-refractivity contribution in [3.63, 3.8) is 0 Å². The molecule has 0 amide bonds. The van der Waals surface area contributed by atoms with E-state index >= 15 is 0 Å². The molecule has 0 saturated heterocycles. The van der Waals surface area contributed by atoms with Crippen LogP contribution >= 0.6 is 0 Å². The molecule has 6 nitrogen and oxygen atoms in total. The number of aldehydes is 1. The third-order valence-electron chi connectivity index (χ3n) is 4.15. The highest BCUT2D eigenvalue weighted by atomic mass is 16.5. The first kappa shape index (κ1) is 17.0. The van der Waals surface area contributed by atoms with Crippen LogP contribution in [0.3, 0.4) is 0 Å². The van der Waals surface area contributed by atoms with Crippen molar-refractivity contribution in [2.45, 2.75) is 27.3 Å². The molecule has 1 N–H and O–H groups in total. The van der Waals surface area contributed by atoms with Gasteiger partial charge in [-0.15, -0.1) is 0 Å². The maximum Gasteiger partial charge on any atom is 0.339 e. The second kappa shape index (κ2) is 6.83. The Bertz CT molecular complexity index is 790. The fraction of sp³-hybridized carbons (Fsp3) is 0.412. The molecule has 1 aromatic heterocycles. The van der Waals surface area contributed by atoms with Crippen LogP contribution in [0.25, 0.3) is 11.0 Å². The number of fused-ring (bicyclic) bond motifs is 1. The van der Waals surface area contributed by atoms with Crippen molar-refractivity contribution < 1.29 is 19.1 Å². The van der Waals surface area contributed by atoms with E-state index in [2.05, 4.69) is 4.90 Å². The van der Waals surface area contributed by atoms with Gasteiger partial charge in [-0.2, -0.15) is 0 Å². The minimum atomic E-state index is -0.507. The average molecular weight is 319 g/mol. The Kier molecular flexibility index (Phi) is 5.05. The first-order valence-corrected chi connectivity index (χ1v) is 7.52. The molecular weight excluding hydrogens is 298 g/mol. The number of carbonyl (C=O) groups excluding carboxylic acids is 1. The predicted octanol–water partition coefficient (Wildman–Crippen LogP) is 2.47. The van der Waals surface area contributed by atoms with Gasteiger partial charge in [0, 0.05) is 17.5 Å². The lowest BCUT2D eigenvalue weighted by Crippen LogP contribution is -2.24. The number of nitrogens with zero attached hydrogens (tertiary/aromatic N) is 1. The Morgan fingerprint density at radius 3 is 2.52 bits per heavy atom. The molecule has 0 bridgehead atoms. The monoisotopic (exact) mass is 319 g/mol. The van der Waals surface area contributed by atoms with Crippen LogP contribution < -0.4 is 10.4 Å². The summed E-state index contributed by atoms with van der Waals surface area (Å²) in [5.41, 5.74) is 0.788. The summed E-state index contributed by atoms with van der Waals surface area (Å²) in [6.07, 6.45) is 0.472. The van der Waals surface area contributed by atoms with Crippen molar-refractivity contribution in [3.8, 4) is 11.5 Å². The molecule has 1 aromatic carbocycles. The Morgan fingerprint density at radius 2 is 2.00 bits per heavy atom. The van der Waals surface area contributed by atoms with Gasteiger partial charge in [0.05, 0.1) is 7.11 Å². The fourth-order valence-electron chi connectivity index (χ4n) is 2.62. The standard InChI is InChI=1S/C17H21NO5/c1-5-18(6-2)8-12-10(3)17(21)23-16-11(12)7-14(22-4)15(20)13(16)9-19/h7,9,20H,5-6,8H2,1-4H3. The van der Waals surface area contributed by atoms with Crippen molar-refractivity contribution in [3.05, 3.63) is 33.2 Å². The van der Waals surface area contributed by atoms with Crippen LogP contribution in [-0.4, -0.2) is 36.5 Å². The van der Waals surface area contributed by atoms with E-state index in [1.807, 2.05) is 13.8 Å². The summed E-state index contributed by atoms with van der Waals surface area (Å²) >= 11 is 0. The van der Waals surface area contributed by atoms with E-state index in [0.29, 0.717) is 23.8 Å². The Balaban J connectivity index is 2.86. The Labute approximate surface area is 134 Å². The highest BCUT2D eigenvalue weighted by molar-refractivity contribution is 6.00. The van der Waals surface area contributed by atoms with Gasteiger partial charge < -0.3 is 14.3 Å². The quantitative estimate of drug-likeness (QED) is 0.651. The highest BCUT2D eigenvalue weighted by Crippen LogP contribution is 2.37. The number of rotatable bonds is 6.